The molecule has 1 unspecified atom stereocenters. The number of halogens is 3. The minimum Gasteiger partial charge on any atom is -0.344 e. The highest BCUT2D eigenvalue weighted by Crippen LogP contribution is 2.25. The summed E-state index contributed by atoms with van der Waals surface area (Å²) < 4.78 is 37.5. The molecule has 0 radical (unpaired) electrons. The van der Waals surface area contributed by atoms with Crippen LogP contribution < -0.4 is 0 Å². The number of carbonyl (C=O) groups is 1. The molecule has 1 atom stereocenters. The fourth-order valence-electron chi connectivity index (χ4n) is 2.53. The SMILES string of the molecule is CN(CCc1nccs1)C(=O)C1CCCN1CC(F)(F)F. The maximum atomic E-state index is 12.5. The Bertz CT molecular complexity index is 464. The van der Waals surface area contributed by atoms with Crippen molar-refractivity contribution in [2.45, 2.75) is 31.5 Å². The fraction of sp³-hybridized carbons (Fsp3) is 0.692. The number of likely N-dealkylation sites (N-methyl/N-ethyl adjacent to an activating group) is 1. The van der Waals surface area contributed by atoms with E-state index in [4.69, 9.17) is 0 Å². The van der Waals surface area contributed by atoms with Gasteiger partial charge in [-0.05, 0) is 19.4 Å². The standard InChI is InChI=1S/C13H18F3N3OS/c1-18(7-4-11-17-5-8-21-11)12(20)10-3-2-6-19(10)9-13(14,15)16/h5,8,10H,2-4,6-7,9H2,1H3. The first kappa shape index (κ1) is 16.2. The second-order valence-corrected chi connectivity index (χ2v) is 6.16. The highest BCUT2D eigenvalue weighted by molar-refractivity contribution is 7.09. The second-order valence-electron chi connectivity index (χ2n) is 5.18. The molecule has 0 saturated carbocycles. The van der Waals surface area contributed by atoms with Crippen molar-refractivity contribution in [2.24, 2.45) is 0 Å². The highest BCUT2D eigenvalue weighted by Gasteiger charge is 2.39. The van der Waals surface area contributed by atoms with Crippen LogP contribution in [0, 0.1) is 0 Å². The number of carbonyl (C=O) groups excluding carboxylic acids is 1. The molecule has 118 valence electrons. The van der Waals surface area contributed by atoms with Gasteiger partial charge in [0.25, 0.3) is 0 Å². The zero-order valence-corrected chi connectivity index (χ0v) is 12.6. The number of nitrogens with zero attached hydrogens (tertiary/aromatic N) is 3. The van der Waals surface area contributed by atoms with Crippen molar-refractivity contribution in [2.75, 3.05) is 26.7 Å². The quantitative estimate of drug-likeness (QED) is 0.834. The van der Waals surface area contributed by atoms with Gasteiger partial charge in [-0.2, -0.15) is 13.2 Å². The van der Waals surface area contributed by atoms with E-state index in [9.17, 15) is 18.0 Å². The van der Waals surface area contributed by atoms with E-state index in [1.54, 1.807) is 13.2 Å². The summed E-state index contributed by atoms with van der Waals surface area (Å²) in [7, 11) is 1.64. The van der Waals surface area contributed by atoms with Crippen molar-refractivity contribution in [3.8, 4) is 0 Å². The summed E-state index contributed by atoms with van der Waals surface area (Å²) in [5.41, 5.74) is 0. The molecular weight excluding hydrogens is 303 g/mol. The number of hydrogen-bond donors (Lipinski definition) is 0. The van der Waals surface area contributed by atoms with Gasteiger partial charge in [0.1, 0.15) is 0 Å². The Morgan fingerprint density at radius 2 is 2.33 bits per heavy atom. The molecule has 1 amide bonds. The van der Waals surface area contributed by atoms with Gasteiger partial charge in [0.15, 0.2) is 0 Å². The Balaban J connectivity index is 1.88. The van der Waals surface area contributed by atoms with Crippen LogP contribution in [0.1, 0.15) is 17.8 Å². The molecule has 2 heterocycles. The lowest BCUT2D eigenvalue weighted by Gasteiger charge is -2.28. The summed E-state index contributed by atoms with van der Waals surface area (Å²) in [6.07, 6.45) is -0.804. The Kier molecular flexibility index (Phi) is 5.21. The van der Waals surface area contributed by atoms with Gasteiger partial charge >= 0.3 is 6.18 Å². The number of rotatable bonds is 5. The Labute approximate surface area is 125 Å². The van der Waals surface area contributed by atoms with E-state index in [2.05, 4.69) is 4.98 Å². The molecule has 0 bridgehead atoms. The average Bonchev–Trinajstić information content (AvgIpc) is 3.04. The summed E-state index contributed by atoms with van der Waals surface area (Å²) in [6.45, 7) is -0.206. The number of thiazole rings is 1. The van der Waals surface area contributed by atoms with E-state index in [-0.39, 0.29) is 5.91 Å². The van der Waals surface area contributed by atoms with Crippen molar-refractivity contribution < 1.29 is 18.0 Å². The monoisotopic (exact) mass is 321 g/mol. The van der Waals surface area contributed by atoms with Crippen LogP contribution in [0.2, 0.25) is 0 Å². The van der Waals surface area contributed by atoms with Crippen LogP contribution in [0.5, 0.6) is 0 Å². The molecule has 0 aliphatic carbocycles. The molecule has 1 aromatic rings. The van der Waals surface area contributed by atoms with E-state index in [1.165, 1.54) is 21.1 Å². The minimum atomic E-state index is -4.26. The van der Waals surface area contributed by atoms with Gasteiger partial charge in [-0.3, -0.25) is 9.69 Å². The summed E-state index contributed by atoms with van der Waals surface area (Å²) in [5, 5.41) is 2.78. The number of hydrogen-bond acceptors (Lipinski definition) is 4. The predicted molar refractivity (Wildman–Crippen MR) is 74.1 cm³/mol. The Morgan fingerprint density at radius 3 is 2.95 bits per heavy atom. The zero-order valence-electron chi connectivity index (χ0n) is 11.8. The molecule has 1 fully saturated rings. The van der Waals surface area contributed by atoms with Crippen LogP contribution in [-0.2, 0) is 11.2 Å². The number of aromatic nitrogens is 1. The molecular formula is C13H18F3N3OS. The maximum Gasteiger partial charge on any atom is 0.401 e. The molecule has 21 heavy (non-hydrogen) atoms. The van der Waals surface area contributed by atoms with Gasteiger partial charge in [0, 0.05) is 31.6 Å². The Morgan fingerprint density at radius 1 is 1.57 bits per heavy atom. The number of likely N-dealkylation sites (tertiary alicyclic amines) is 1. The van der Waals surface area contributed by atoms with E-state index in [0.29, 0.717) is 32.4 Å². The van der Waals surface area contributed by atoms with Gasteiger partial charge in [0.05, 0.1) is 17.6 Å². The first-order chi connectivity index (χ1) is 9.87. The molecule has 0 N–H and O–H groups in total. The molecule has 1 aromatic heterocycles. The van der Waals surface area contributed by atoms with Crippen molar-refractivity contribution >= 4 is 17.2 Å². The molecule has 4 nitrogen and oxygen atoms in total. The third kappa shape index (κ3) is 4.67. The second kappa shape index (κ2) is 6.74. The predicted octanol–water partition coefficient (Wildman–Crippen LogP) is 2.17. The lowest BCUT2D eigenvalue weighted by molar-refractivity contribution is -0.154. The molecule has 1 saturated heterocycles. The number of amides is 1. The van der Waals surface area contributed by atoms with Crippen molar-refractivity contribution in [3.63, 3.8) is 0 Å². The summed E-state index contributed by atoms with van der Waals surface area (Å²) in [6, 6.07) is -0.645. The summed E-state index contributed by atoms with van der Waals surface area (Å²) in [5.74, 6) is -0.228. The van der Waals surface area contributed by atoms with Crippen LogP contribution in [0.15, 0.2) is 11.6 Å². The van der Waals surface area contributed by atoms with Gasteiger partial charge in [-0.1, -0.05) is 0 Å². The fourth-order valence-corrected chi connectivity index (χ4v) is 3.14. The van der Waals surface area contributed by atoms with E-state index < -0.39 is 18.8 Å². The highest BCUT2D eigenvalue weighted by atomic mass is 32.1. The normalized spacial score (nSPS) is 19.9. The third-order valence-corrected chi connectivity index (χ3v) is 4.39. The lowest BCUT2D eigenvalue weighted by Crippen LogP contribution is -2.47. The third-order valence-electron chi connectivity index (χ3n) is 3.55. The lowest BCUT2D eigenvalue weighted by atomic mass is 10.2. The van der Waals surface area contributed by atoms with Crippen LogP contribution in [0.25, 0.3) is 0 Å². The molecule has 0 spiro atoms. The van der Waals surface area contributed by atoms with Crippen LogP contribution in [0.4, 0.5) is 13.2 Å². The zero-order chi connectivity index (χ0) is 15.5. The molecule has 8 heteroatoms. The van der Waals surface area contributed by atoms with Crippen molar-refractivity contribution in [3.05, 3.63) is 16.6 Å². The topological polar surface area (TPSA) is 36.4 Å². The van der Waals surface area contributed by atoms with Crippen molar-refractivity contribution in [1.29, 1.82) is 0 Å². The largest absolute Gasteiger partial charge is 0.401 e. The summed E-state index contributed by atoms with van der Waals surface area (Å²) >= 11 is 1.51. The van der Waals surface area contributed by atoms with Gasteiger partial charge in [-0.15, -0.1) is 11.3 Å². The average molecular weight is 321 g/mol. The molecule has 1 aliphatic rings. The summed E-state index contributed by atoms with van der Waals surface area (Å²) in [4.78, 5) is 19.2. The van der Waals surface area contributed by atoms with Crippen molar-refractivity contribution in [1.82, 2.24) is 14.8 Å². The van der Waals surface area contributed by atoms with Crippen LogP contribution in [-0.4, -0.2) is 59.6 Å². The number of alkyl halides is 3. The molecule has 1 aliphatic heterocycles. The first-order valence-electron chi connectivity index (χ1n) is 6.81. The van der Waals surface area contributed by atoms with E-state index >= 15 is 0 Å². The van der Waals surface area contributed by atoms with Gasteiger partial charge < -0.3 is 4.90 Å². The molecule has 0 aromatic carbocycles. The minimum absolute atomic E-state index is 0.228. The van der Waals surface area contributed by atoms with E-state index in [0.717, 1.165) is 5.01 Å². The van der Waals surface area contributed by atoms with Crippen LogP contribution in [0.3, 0.4) is 0 Å². The first-order valence-corrected chi connectivity index (χ1v) is 7.69. The Hall–Kier alpha value is -1.15. The molecule has 2 rings (SSSR count). The van der Waals surface area contributed by atoms with E-state index in [1.807, 2.05) is 5.38 Å². The van der Waals surface area contributed by atoms with Gasteiger partial charge in [-0.25, -0.2) is 4.98 Å². The van der Waals surface area contributed by atoms with Gasteiger partial charge in [0.2, 0.25) is 5.91 Å². The maximum absolute atomic E-state index is 12.5. The van der Waals surface area contributed by atoms with Crippen LogP contribution >= 0.6 is 11.3 Å². The smallest absolute Gasteiger partial charge is 0.344 e.